The Kier molecular flexibility index (Phi) is 7.45. The number of benzene rings is 3. The molecule has 38 heavy (non-hydrogen) atoms. The van der Waals surface area contributed by atoms with E-state index in [9.17, 15) is 26.3 Å². The molecule has 1 aliphatic carbocycles. The van der Waals surface area contributed by atoms with Gasteiger partial charge in [0.1, 0.15) is 34.6 Å². The predicted octanol–water partition coefficient (Wildman–Crippen LogP) is 9.00. The van der Waals surface area contributed by atoms with Gasteiger partial charge in [0.15, 0.2) is 0 Å². The van der Waals surface area contributed by atoms with Gasteiger partial charge >= 0.3 is 6.11 Å². The van der Waals surface area contributed by atoms with Crippen LogP contribution in [0.2, 0.25) is 0 Å². The molecule has 0 radical (unpaired) electrons. The van der Waals surface area contributed by atoms with Crippen LogP contribution in [-0.4, -0.2) is 6.61 Å². The highest BCUT2D eigenvalue weighted by molar-refractivity contribution is 5.64. The van der Waals surface area contributed by atoms with Crippen molar-refractivity contribution in [3.63, 3.8) is 0 Å². The van der Waals surface area contributed by atoms with Gasteiger partial charge in [0.2, 0.25) is 0 Å². The maximum Gasteiger partial charge on any atom is 0.432 e. The Morgan fingerprint density at radius 2 is 1.34 bits per heavy atom. The van der Waals surface area contributed by atoms with E-state index in [1.807, 2.05) is 12.1 Å². The lowest BCUT2D eigenvalue weighted by atomic mass is 9.84. The number of halogens is 6. The highest BCUT2D eigenvalue weighted by atomic mass is 19.3. The van der Waals surface area contributed by atoms with Gasteiger partial charge in [-0.25, -0.2) is 17.6 Å². The number of alkyl halides is 2. The molecule has 0 aromatic heterocycles. The second-order valence-corrected chi connectivity index (χ2v) is 10.3. The molecule has 2 fully saturated rings. The van der Waals surface area contributed by atoms with Crippen molar-refractivity contribution in [2.24, 2.45) is 11.8 Å². The molecule has 1 saturated heterocycles. The zero-order chi connectivity index (χ0) is 27.0. The summed E-state index contributed by atoms with van der Waals surface area (Å²) in [6.07, 6.45) is 2.59. The zero-order valence-corrected chi connectivity index (χ0v) is 20.9. The minimum Gasteiger partial charge on any atom is -0.429 e. The van der Waals surface area contributed by atoms with Crippen LogP contribution in [0.1, 0.15) is 61.3 Å². The summed E-state index contributed by atoms with van der Waals surface area (Å²) in [7, 11) is 0. The van der Waals surface area contributed by atoms with Crippen molar-refractivity contribution in [1.82, 2.24) is 0 Å². The van der Waals surface area contributed by atoms with E-state index in [1.165, 1.54) is 25.7 Å². The topological polar surface area (TPSA) is 18.5 Å². The number of rotatable bonds is 6. The molecular weight excluding hydrogens is 506 g/mol. The lowest BCUT2D eigenvalue weighted by Crippen LogP contribution is -2.25. The quantitative estimate of drug-likeness (QED) is 0.294. The van der Waals surface area contributed by atoms with Gasteiger partial charge < -0.3 is 9.47 Å². The van der Waals surface area contributed by atoms with Gasteiger partial charge in [0, 0.05) is 17.7 Å². The molecule has 5 rings (SSSR count). The van der Waals surface area contributed by atoms with Crippen molar-refractivity contribution in [2.75, 3.05) is 6.61 Å². The molecule has 8 heteroatoms. The van der Waals surface area contributed by atoms with Gasteiger partial charge in [0.25, 0.3) is 0 Å². The molecule has 1 saturated carbocycles. The Balaban J connectivity index is 1.30. The van der Waals surface area contributed by atoms with Gasteiger partial charge in [-0.3, -0.25) is 0 Å². The molecule has 0 amide bonds. The van der Waals surface area contributed by atoms with Crippen LogP contribution in [0.15, 0.2) is 48.5 Å². The fourth-order valence-electron chi connectivity index (χ4n) is 5.62. The van der Waals surface area contributed by atoms with E-state index < -0.39 is 46.3 Å². The molecule has 3 aromatic carbocycles. The zero-order valence-electron chi connectivity index (χ0n) is 20.9. The first-order valence-electron chi connectivity index (χ1n) is 12.9. The molecule has 0 spiro atoms. The molecule has 2 aliphatic rings. The molecule has 2 unspecified atom stereocenters. The molecule has 2 nitrogen and oxygen atoms in total. The van der Waals surface area contributed by atoms with Crippen LogP contribution in [0.25, 0.3) is 11.1 Å². The van der Waals surface area contributed by atoms with Crippen LogP contribution in [-0.2, 0) is 10.8 Å². The Labute approximate surface area is 217 Å². The number of hydrogen-bond donors (Lipinski definition) is 0. The summed E-state index contributed by atoms with van der Waals surface area (Å²) in [5.41, 5.74) is -0.592. The molecule has 202 valence electrons. The molecule has 1 aliphatic heterocycles. The van der Waals surface area contributed by atoms with E-state index in [1.54, 1.807) is 12.1 Å². The van der Waals surface area contributed by atoms with Gasteiger partial charge in [-0.1, -0.05) is 49.9 Å². The standard InChI is InChI=1S/C30H28F6O2/c1-17-24(31)14-23(15-25(17)32)38-30(35,36)29-26(33)12-22(13-27(29)34)19-6-8-20(9-7-19)28-11-10-21(16-37-28)18-4-2-3-5-18/h6-9,12-15,18,21,28H,2-5,10-11,16H2,1H3. The molecule has 0 bridgehead atoms. The van der Waals surface area contributed by atoms with Crippen molar-refractivity contribution in [2.45, 2.75) is 57.7 Å². The van der Waals surface area contributed by atoms with Crippen molar-refractivity contribution < 1.29 is 35.8 Å². The van der Waals surface area contributed by atoms with Gasteiger partial charge in [-0.2, -0.15) is 8.78 Å². The van der Waals surface area contributed by atoms with Crippen molar-refractivity contribution in [1.29, 1.82) is 0 Å². The van der Waals surface area contributed by atoms with Crippen LogP contribution < -0.4 is 4.74 Å². The van der Waals surface area contributed by atoms with Crippen molar-refractivity contribution in [3.8, 4) is 16.9 Å². The first kappa shape index (κ1) is 26.6. The Morgan fingerprint density at radius 3 is 1.89 bits per heavy atom. The monoisotopic (exact) mass is 534 g/mol. The average Bonchev–Trinajstić information content (AvgIpc) is 3.42. The third-order valence-electron chi connectivity index (χ3n) is 7.83. The molecular formula is C30H28F6O2. The fraction of sp³-hybridized carbons (Fsp3) is 0.400. The second-order valence-electron chi connectivity index (χ2n) is 10.3. The van der Waals surface area contributed by atoms with Gasteiger partial charge in [-0.15, -0.1) is 0 Å². The average molecular weight is 535 g/mol. The summed E-state index contributed by atoms with van der Waals surface area (Å²) in [6, 6.07) is 9.60. The fourth-order valence-corrected chi connectivity index (χ4v) is 5.62. The Bertz CT molecular complexity index is 1250. The van der Waals surface area contributed by atoms with Crippen LogP contribution >= 0.6 is 0 Å². The lowest BCUT2D eigenvalue weighted by Gasteiger charge is -2.32. The highest BCUT2D eigenvalue weighted by Crippen LogP contribution is 2.41. The smallest absolute Gasteiger partial charge is 0.429 e. The summed E-state index contributed by atoms with van der Waals surface area (Å²) in [4.78, 5) is 0. The van der Waals surface area contributed by atoms with E-state index in [0.717, 1.165) is 50.0 Å². The maximum absolute atomic E-state index is 14.8. The lowest BCUT2D eigenvalue weighted by molar-refractivity contribution is -0.189. The first-order valence-corrected chi connectivity index (χ1v) is 12.9. The molecule has 0 N–H and O–H groups in total. The van der Waals surface area contributed by atoms with Crippen LogP contribution in [0.3, 0.4) is 0 Å². The summed E-state index contributed by atoms with van der Waals surface area (Å²) < 4.78 is 96.8. The summed E-state index contributed by atoms with van der Waals surface area (Å²) >= 11 is 0. The Morgan fingerprint density at radius 1 is 0.737 bits per heavy atom. The van der Waals surface area contributed by atoms with Crippen molar-refractivity contribution >= 4 is 0 Å². The van der Waals surface area contributed by atoms with Crippen LogP contribution in [0, 0.1) is 42.0 Å². The second kappa shape index (κ2) is 10.6. The SMILES string of the molecule is Cc1c(F)cc(OC(F)(F)c2c(F)cc(-c3ccc(C4CCC(C5CCCC5)CO4)cc3)cc2F)cc1F. The van der Waals surface area contributed by atoms with Crippen LogP contribution in [0.5, 0.6) is 5.75 Å². The molecule has 1 heterocycles. The maximum atomic E-state index is 14.8. The number of ether oxygens (including phenoxy) is 2. The third-order valence-corrected chi connectivity index (χ3v) is 7.83. The molecule has 2 atom stereocenters. The largest absolute Gasteiger partial charge is 0.432 e. The van der Waals surface area contributed by atoms with Gasteiger partial charge in [0.05, 0.1) is 12.7 Å². The highest BCUT2D eigenvalue weighted by Gasteiger charge is 2.41. The van der Waals surface area contributed by atoms with E-state index in [-0.39, 0.29) is 11.7 Å². The van der Waals surface area contributed by atoms with E-state index in [2.05, 4.69) is 4.74 Å². The van der Waals surface area contributed by atoms with Gasteiger partial charge in [-0.05, 0) is 60.4 Å². The Hall–Kier alpha value is -3.00. The normalized spacial score (nSPS) is 20.6. The predicted molar refractivity (Wildman–Crippen MR) is 131 cm³/mol. The van der Waals surface area contributed by atoms with Crippen molar-refractivity contribution in [3.05, 3.63) is 88.5 Å². The number of hydrogen-bond acceptors (Lipinski definition) is 2. The van der Waals surface area contributed by atoms with E-state index in [0.29, 0.717) is 23.6 Å². The third kappa shape index (κ3) is 5.41. The minimum absolute atomic E-state index is 0.0511. The van der Waals surface area contributed by atoms with Crippen LogP contribution in [0.4, 0.5) is 26.3 Å². The van der Waals surface area contributed by atoms with E-state index >= 15 is 0 Å². The summed E-state index contributed by atoms with van der Waals surface area (Å²) in [6.45, 7) is 1.85. The minimum atomic E-state index is -4.51. The summed E-state index contributed by atoms with van der Waals surface area (Å²) in [5, 5.41) is 0. The first-order chi connectivity index (χ1) is 18.1. The van der Waals surface area contributed by atoms with E-state index in [4.69, 9.17) is 4.74 Å². The summed E-state index contributed by atoms with van der Waals surface area (Å²) in [5.74, 6) is -4.88. The molecule has 3 aromatic rings.